The van der Waals surface area contributed by atoms with E-state index in [9.17, 15) is 8.42 Å². The van der Waals surface area contributed by atoms with Crippen molar-refractivity contribution >= 4 is 9.84 Å². The lowest BCUT2D eigenvalue weighted by molar-refractivity contribution is 0.389. The van der Waals surface area contributed by atoms with Gasteiger partial charge in [-0.25, -0.2) is 8.42 Å². The average Bonchev–Trinajstić information content (AvgIpc) is 3.03. The second-order valence-corrected chi connectivity index (χ2v) is 6.80. The summed E-state index contributed by atoms with van der Waals surface area (Å²) >= 11 is 0. The van der Waals surface area contributed by atoms with Gasteiger partial charge >= 0.3 is 0 Å². The minimum atomic E-state index is -3.51. The summed E-state index contributed by atoms with van der Waals surface area (Å²) in [4.78, 5) is 4.38. The van der Waals surface area contributed by atoms with E-state index < -0.39 is 9.84 Å². The monoisotopic (exact) mass is 330 g/mol. The third-order valence-corrected chi connectivity index (χ3v) is 4.85. The van der Waals surface area contributed by atoms with E-state index in [0.717, 1.165) is 5.56 Å². The molecule has 0 aliphatic rings. The molecule has 7 heteroatoms. The van der Waals surface area contributed by atoms with Gasteiger partial charge in [-0.1, -0.05) is 23.4 Å². The molecule has 0 aliphatic heterocycles. The Morgan fingerprint density at radius 1 is 1.04 bits per heavy atom. The topological polar surface area (TPSA) is 82.3 Å². The maximum atomic E-state index is 12.3. The van der Waals surface area contributed by atoms with Crippen molar-refractivity contribution in [2.75, 3.05) is 7.11 Å². The average molecular weight is 330 g/mol. The molecule has 0 radical (unpaired) electrons. The molecule has 0 N–H and O–H groups in total. The van der Waals surface area contributed by atoms with Crippen LogP contribution in [0.15, 0.2) is 64.0 Å². The van der Waals surface area contributed by atoms with Crippen LogP contribution in [0.4, 0.5) is 0 Å². The largest absolute Gasteiger partial charge is 0.497 e. The van der Waals surface area contributed by atoms with Gasteiger partial charge in [0.1, 0.15) is 11.5 Å². The number of hydrogen-bond acceptors (Lipinski definition) is 6. The van der Waals surface area contributed by atoms with Crippen LogP contribution >= 0.6 is 0 Å². The third-order valence-electron chi connectivity index (χ3n) is 3.23. The lowest BCUT2D eigenvalue weighted by atomic mass is 10.2. The van der Waals surface area contributed by atoms with Crippen molar-refractivity contribution in [3.8, 4) is 17.1 Å². The molecular formula is C16H14N2O4S. The van der Waals surface area contributed by atoms with E-state index in [-0.39, 0.29) is 16.5 Å². The van der Waals surface area contributed by atoms with E-state index >= 15 is 0 Å². The Balaban J connectivity index is 1.82. The summed E-state index contributed by atoms with van der Waals surface area (Å²) in [7, 11) is -1.93. The summed E-state index contributed by atoms with van der Waals surface area (Å²) in [6.45, 7) is 0. The molecule has 6 nitrogen and oxygen atoms in total. The van der Waals surface area contributed by atoms with Crippen molar-refractivity contribution in [3.05, 3.63) is 60.5 Å². The summed E-state index contributed by atoms with van der Waals surface area (Å²) in [6.07, 6.45) is 0. The number of nitrogens with zero attached hydrogens (tertiary/aromatic N) is 2. The summed E-state index contributed by atoms with van der Waals surface area (Å²) in [6, 6.07) is 15.3. The number of hydrogen-bond donors (Lipinski definition) is 0. The van der Waals surface area contributed by atoms with Crippen LogP contribution in [-0.2, 0) is 15.6 Å². The van der Waals surface area contributed by atoms with Gasteiger partial charge in [-0.2, -0.15) is 4.98 Å². The van der Waals surface area contributed by atoms with Gasteiger partial charge in [0.2, 0.25) is 11.7 Å². The number of aromatic nitrogens is 2. The zero-order chi connectivity index (χ0) is 16.3. The smallest absolute Gasteiger partial charge is 0.242 e. The predicted molar refractivity (Wildman–Crippen MR) is 83.6 cm³/mol. The Morgan fingerprint density at radius 3 is 2.39 bits per heavy atom. The lowest BCUT2D eigenvalue weighted by Gasteiger charge is -2.00. The second kappa shape index (κ2) is 6.21. The highest BCUT2D eigenvalue weighted by Gasteiger charge is 2.19. The zero-order valence-electron chi connectivity index (χ0n) is 12.3. The van der Waals surface area contributed by atoms with Crippen molar-refractivity contribution in [1.29, 1.82) is 0 Å². The molecule has 0 spiro atoms. The summed E-state index contributed by atoms with van der Waals surface area (Å²) in [5, 5.41) is 3.83. The van der Waals surface area contributed by atoms with Crippen molar-refractivity contribution < 1.29 is 17.7 Å². The molecule has 0 aliphatic carbocycles. The van der Waals surface area contributed by atoms with Crippen LogP contribution in [-0.4, -0.2) is 25.7 Å². The van der Waals surface area contributed by atoms with Crippen molar-refractivity contribution in [2.24, 2.45) is 0 Å². The fraction of sp³-hybridized carbons (Fsp3) is 0.125. The van der Waals surface area contributed by atoms with Crippen molar-refractivity contribution in [2.45, 2.75) is 10.6 Å². The fourth-order valence-electron chi connectivity index (χ4n) is 2.04. The Labute approximate surface area is 133 Å². The summed E-state index contributed by atoms with van der Waals surface area (Å²) in [5.74, 6) is 0.773. The molecule has 0 saturated heterocycles. The van der Waals surface area contributed by atoms with Crippen LogP contribution in [0.25, 0.3) is 11.4 Å². The highest BCUT2D eigenvalue weighted by Crippen LogP contribution is 2.21. The van der Waals surface area contributed by atoms with Crippen molar-refractivity contribution in [1.82, 2.24) is 10.1 Å². The Kier molecular flexibility index (Phi) is 4.12. The van der Waals surface area contributed by atoms with E-state index in [1.165, 1.54) is 12.1 Å². The highest BCUT2D eigenvalue weighted by molar-refractivity contribution is 7.90. The van der Waals surface area contributed by atoms with Gasteiger partial charge in [-0.05, 0) is 36.4 Å². The first-order valence-corrected chi connectivity index (χ1v) is 8.48. The van der Waals surface area contributed by atoms with Gasteiger partial charge in [0.05, 0.1) is 12.0 Å². The molecule has 1 heterocycles. The summed E-state index contributed by atoms with van der Waals surface area (Å²) < 4.78 is 34.7. The molecule has 0 unspecified atom stereocenters. The minimum absolute atomic E-state index is 0.0553. The van der Waals surface area contributed by atoms with Crippen LogP contribution in [0.5, 0.6) is 5.75 Å². The quantitative estimate of drug-likeness (QED) is 0.715. The standard InChI is InChI=1S/C16H14N2O4S/c1-21-13-9-7-12(8-10-13)16-17-15(22-18-16)11-23(19,20)14-5-3-2-4-6-14/h2-10H,11H2,1H3. The van der Waals surface area contributed by atoms with Gasteiger partial charge in [0.15, 0.2) is 9.84 Å². The van der Waals surface area contributed by atoms with Gasteiger partial charge < -0.3 is 9.26 Å². The van der Waals surface area contributed by atoms with Crippen LogP contribution < -0.4 is 4.74 Å². The van der Waals surface area contributed by atoms with Gasteiger partial charge in [-0.15, -0.1) is 0 Å². The molecule has 3 rings (SSSR count). The van der Waals surface area contributed by atoms with Crippen LogP contribution in [0.3, 0.4) is 0 Å². The Bertz CT molecular complexity index is 887. The second-order valence-electron chi connectivity index (χ2n) is 4.81. The van der Waals surface area contributed by atoms with Crippen LogP contribution in [0.2, 0.25) is 0 Å². The molecule has 0 fully saturated rings. The maximum Gasteiger partial charge on any atom is 0.242 e. The molecule has 23 heavy (non-hydrogen) atoms. The van der Waals surface area contributed by atoms with E-state index in [4.69, 9.17) is 9.26 Å². The van der Waals surface area contributed by atoms with E-state index in [0.29, 0.717) is 11.6 Å². The van der Waals surface area contributed by atoms with E-state index in [2.05, 4.69) is 10.1 Å². The molecule has 0 bridgehead atoms. The SMILES string of the molecule is COc1ccc(-c2noc(CS(=O)(=O)c3ccccc3)n2)cc1. The molecule has 1 aromatic heterocycles. The molecule has 3 aromatic rings. The normalized spacial score (nSPS) is 11.3. The Hall–Kier alpha value is -2.67. The first-order valence-electron chi connectivity index (χ1n) is 6.83. The number of rotatable bonds is 5. The fourth-order valence-corrected chi connectivity index (χ4v) is 3.23. The van der Waals surface area contributed by atoms with Gasteiger partial charge in [0, 0.05) is 5.56 Å². The van der Waals surface area contributed by atoms with Crippen LogP contribution in [0, 0.1) is 0 Å². The number of sulfone groups is 1. The minimum Gasteiger partial charge on any atom is -0.497 e. The molecule has 0 amide bonds. The van der Waals surface area contributed by atoms with Gasteiger partial charge in [0.25, 0.3) is 0 Å². The number of benzene rings is 2. The third kappa shape index (κ3) is 3.40. The van der Waals surface area contributed by atoms with E-state index in [1.807, 2.05) is 0 Å². The first kappa shape index (κ1) is 15.2. The maximum absolute atomic E-state index is 12.3. The first-order chi connectivity index (χ1) is 11.1. The molecule has 0 saturated carbocycles. The number of ether oxygens (including phenoxy) is 1. The van der Waals surface area contributed by atoms with E-state index in [1.54, 1.807) is 49.6 Å². The summed E-state index contributed by atoms with van der Waals surface area (Å²) in [5.41, 5.74) is 0.720. The van der Waals surface area contributed by atoms with Crippen LogP contribution in [0.1, 0.15) is 5.89 Å². The molecule has 2 aromatic carbocycles. The predicted octanol–water partition coefficient (Wildman–Crippen LogP) is 2.72. The van der Waals surface area contributed by atoms with Gasteiger partial charge in [-0.3, -0.25) is 0 Å². The molecular weight excluding hydrogens is 316 g/mol. The van der Waals surface area contributed by atoms with Crippen molar-refractivity contribution in [3.63, 3.8) is 0 Å². The molecule has 118 valence electrons. The highest BCUT2D eigenvalue weighted by atomic mass is 32.2. The zero-order valence-corrected chi connectivity index (χ0v) is 13.2. The Morgan fingerprint density at radius 2 is 1.74 bits per heavy atom. The number of methoxy groups -OCH3 is 1. The molecule has 0 atom stereocenters. The lowest BCUT2D eigenvalue weighted by Crippen LogP contribution is -2.05.